The molecule has 25 heavy (non-hydrogen) atoms. The van der Waals surface area contributed by atoms with E-state index in [2.05, 4.69) is 17.1 Å². The molecule has 0 radical (unpaired) electrons. The van der Waals surface area contributed by atoms with Gasteiger partial charge in [-0.3, -0.25) is 4.90 Å². The Hall–Kier alpha value is -0.420. The first-order chi connectivity index (χ1) is 11.2. The normalized spacial score (nSPS) is 17.2. The molecule has 1 aromatic carbocycles. The van der Waals surface area contributed by atoms with Crippen LogP contribution in [0.2, 0.25) is 10.0 Å². The zero-order valence-corrected chi connectivity index (χ0v) is 17.1. The second kappa shape index (κ2) is 10.7. The van der Waals surface area contributed by atoms with Gasteiger partial charge in [-0.15, -0.1) is 0 Å². The van der Waals surface area contributed by atoms with Crippen LogP contribution in [0.3, 0.4) is 0 Å². The van der Waals surface area contributed by atoms with E-state index >= 15 is 0 Å². The molecule has 1 aliphatic heterocycles. The molecule has 7 heteroatoms. The minimum absolute atomic E-state index is 0. The molecule has 1 fully saturated rings. The highest BCUT2D eigenvalue weighted by molar-refractivity contribution is 6.35. The van der Waals surface area contributed by atoms with E-state index in [1.54, 1.807) is 12.1 Å². The highest BCUT2D eigenvalue weighted by atomic mass is 35.5. The van der Waals surface area contributed by atoms with Gasteiger partial charge in [0.1, 0.15) is 11.5 Å². The van der Waals surface area contributed by atoms with Gasteiger partial charge in [-0.05, 0) is 56.3 Å². The Balaban J connectivity index is 0.00000156. The molecule has 140 valence electrons. The fraction of sp³-hybridized carbons (Fsp3) is 0.444. The van der Waals surface area contributed by atoms with Crippen molar-refractivity contribution in [3.05, 3.63) is 46.1 Å². The first-order valence-electron chi connectivity index (χ1n) is 8.16. The van der Waals surface area contributed by atoms with Gasteiger partial charge in [-0.1, -0.05) is 30.1 Å². The van der Waals surface area contributed by atoms with E-state index in [0.717, 1.165) is 36.7 Å². The van der Waals surface area contributed by atoms with Crippen LogP contribution in [0.1, 0.15) is 25.5 Å². The van der Waals surface area contributed by atoms with Crippen LogP contribution >= 0.6 is 23.2 Å². The summed E-state index contributed by atoms with van der Waals surface area (Å²) >= 11 is 12.3. The molecule has 2 heterocycles. The summed E-state index contributed by atoms with van der Waals surface area (Å²) in [6.45, 7) is 6.31. The summed E-state index contributed by atoms with van der Waals surface area (Å²) in [7, 11) is 0. The number of furan rings is 1. The van der Waals surface area contributed by atoms with Gasteiger partial charge in [0, 0.05) is 23.2 Å². The monoisotopic (exact) mass is 422 g/mol. The molecular formula is C18H22Cl4N2O-2. The summed E-state index contributed by atoms with van der Waals surface area (Å²) in [5, 5.41) is 4.80. The second-order valence-electron chi connectivity index (χ2n) is 5.95. The van der Waals surface area contributed by atoms with Crippen molar-refractivity contribution in [2.45, 2.75) is 32.4 Å². The summed E-state index contributed by atoms with van der Waals surface area (Å²) in [4.78, 5) is 2.53. The predicted octanol–water partition coefficient (Wildman–Crippen LogP) is -1.16. The Morgan fingerprint density at radius 1 is 1.20 bits per heavy atom. The number of rotatable bonds is 6. The molecule has 0 bridgehead atoms. The van der Waals surface area contributed by atoms with Crippen molar-refractivity contribution in [3.8, 4) is 11.3 Å². The van der Waals surface area contributed by atoms with Crippen LogP contribution in [-0.4, -0.2) is 30.6 Å². The van der Waals surface area contributed by atoms with Crippen molar-refractivity contribution in [2.24, 2.45) is 0 Å². The Morgan fingerprint density at radius 2 is 2.00 bits per heavy atom. The molecule has 1 atom stereocenters. The lowest BCUT2D eigenvalue weighted by molar-refractivity contribution is -0.00100. The number of likely N-dealkylation sites (N-methyl/N-ethyl adjacent to an activating group) is 1. The van der Waals surface area contributed by atoms with Gasteiger partial charge >= 0.3 is 0 Å². The zero-order chi connectivity index (χ0) is 16.2. The minimum Gasteiger partial charge on any atom is -1.00 e. The zero-order valence-electron chi connectivity index (χ0n) is 14.1. The minimum atomic E-state index is 0. The van der Waals surface area contributed by atoms with Crippen LogP contribution < -0.4 is 30.1 Å². The lowest BCUT2D eigenvalue weighted by Crippen LogP contribution is -3.00. The lowest BCUT2D eigenvalue weighted by atomic mass is 10.2. The quantitative estimate of drug-likeness (QED) is 0.635. The van der Waals surface area contributed by atoms with E-state index in [-0.39, 0.29) is 24.8 Å². The first-order valence-corrected chi connectivity index (χ1v) is 8.92. The number of likely N-dealkylation sites (tertiary alicyclic amines) is 1. The van der Waals surface area contributed by atoms with Gasteiger partial charge < -0.3 is 34.5 Å². The van der Waals surface area contributed by atoms with Crippen LogP contribution in [0.5, 0.6) is 0 Å². The van der Waals surface area contributed by atoms with E-state index in [1.807, 2.05) is 18.2 Å². The summed E-state index contributed by atoms with van der Waals surface area (Å²) in [5.41, 5.74) is 0.832. The molecule has 1 aliphatic rings. The maximum Gasteiger partial charge on any atom is 0.135 e. The molecule has 0 amide bonds. The maximum absolute atomic E-state index is 6.22. The molecule has 0 spiro atoms. The Labute approximate surface area is 171 Å². The standard InChI is InChI=1S/C18H22Cl2N2O.2ClH/c1-2-22-9-3-4-14(22)11-21-12-15-6-8-18(23-15)16-10-13(19)5-7-17(16)20;;/h5-8,10,14,21H,2-4,9,11-12H2,1H3;2*1H/p-2. The van der Waals surface area contributed by atoms with E-state index in [4.69, 9.17) is 27.6 Å². The predicted molar refractivity (Wildman–Crippen MR) is 96.1 cm³/mol. The van der Waals surface area contributed by atoms with Crippen LogP contribution in [0, 0.1) is 0 Å². The van der Waals surface area contributed by atoms with Gasteiger partial charge in [0.25, 0.3) is 0 Å². The summed E-state index contributed by atoms with van der Waals surface area (Å²) in [6, 6.07) is 9.99. The third-order valence-corrected chi connectivity index (χ3v) is 5.00. The summed E-state index contributed by atoms with van der Waals surface area (Å²) < 4.78 is 5.90. The second-order valence-corrected chi connectivity index (χ2v) is 6.79. The van der Waals surface area contributed by atoms with Gasteiger partial charge in [0.15, 0.2) is 0 Å². The third kappa shape index (κ3) is 5.78. The van der Waals surface area contributed by atoms with Crippen molar-refractivity contribution in [2.75, 3.05) is 19.6 Å². The molecule has 1 unspecified atom stereocenters. The van der Waals surface area contributed by atoms with Crippen molar-refractivity contribution < 1.29 is 29.2 Å². The van der Waals surface area contributed by atoms with Crippen LogP contribution in [0.15, 0.2) is 34.7 Å². The third-order valence-electron chi connectivity index (χ3n) is 4.44. The molecule has 1 saturated heterocycles. The van der Waals surface area contributed by atoms with Gasteiger partial charge in [-0.2, -0.15) is 0 Å². The molecule has 1 N–H and O–H groups in total. The molecule has 2 aromatic rings. The van der Waals surface area contributed by atoms with E-state index in [9.17, 15) is 0 Å². The number of hydrogen-bond acceptors (Lipinski definition) is 3. The molecule has 0 aliphatic carbocycles. The Morgan fingerprint density at radius 3 is 2.76 bits per heavy atom. The fourth-order valence-electron chi connectivity index (χ4n) is 3.21. The summed E-state index contributed by atoms with van der Waals surface area (Å²) in [6.07, 6.45) is 2.58. The molecule has 3 nitrogen and oxygen atoms in total. The van der Waals surface area contributed by atoms with Gasteiger partial charge in [0.2, 0.25) is 0 Å². The van der Waals surface area contributed by atoms with Gasteiger partial charge in [-0.25, -0.2) is 0 Å². The lowest BCUT2D eigenvalue weighted by Gasteiger charge is -2.22. The van der Waals surface area contributed by atoms with Crippen molar-refractivity contribution in [1.29, 1.82) is 0 Å². The molecule has 1 aromatic heterocycles. The molecular weight excluding hydrogens is 402 g/mol. The van der Waals surface area contributed by atoms with E-state index in [1.165, 1.54) is 19.4 Å². The van der Waals surface area contributed by atoms with Crippen LogP contribution in [0.25, 0.3) is 11.3 Å². The largest absolute Gasteiger partial charge is 1.00 e. The smallest absolute Gasteiger partial charge is 0.135 e. The summed E-state index contributed by atoms with van der Waals surface area (Å²) in [5.74, 6) is 1.67. The van der Waals surface area contributed by atoms with Crippen molar-refractivity contribution in [3.63, 3.8) is 0 Å². The average molecular weight is 424 g/mol. The van der Waals surface area contributed by atoms with Gasteiger partial charge in [0.05, 0.1) is 11.6 Å². The number of nitrogens with one attached hydrogen (secondary N) is 1. The Kier molecular flexibility index (Phi) is 9.65. The number of nitrogens with zero attached hydrogens (tertiary/aromatic N) is 1. The van der Waals surface area contributed by atoms with E-state index in [0.29, 0.717) is 16.1 Å². The highest BCUT2D eigenvalue weighted by Gasteiger charge is 2.22. The van der Waals surface area contributed by atoms with Crippen molar-refractivity contribution in [1.82, 2.24) is 10.2 Å². The van der Waals surface area contributed by atoms with E-state index < -0.39 is 0 Å². The number of benzene rings is 1. The average Bonchev–Trinajstić information content (AvgIpc) is 3.19. The highest BCUT2D eigenvalue weighted by Crippen LogP contribution is 2.31. The number of halogens is 4. The number of hydrogen-bond donors (Lipinski definition) is 1. The first kappa shape index (κ1) is 22.6. The fourth-order valence-corrected chi connectivity index (χ4v) is 3.59. The van der Waals surface area contributed by atoms with Crippen LogP contribution in [-0.2, 0) is 6.54 Å². The molecule has 3 rings (SSSR count). The topological polar surface area (TPSA) is 28.4 Å². The maximum atomic E-state index is 6.22. The van der Waals surface area contributed by atoms with Crippen molar-refractivity contribution >= 4 is 23.2 Å². The molecule has 0 saturated carbocycles. The Bertz CT molecular complexity index is 662. The van der Waals surface area contributed by atoms with Crippen LogP contribution in [0.4, 0.5) is 0 Å². The SMILES string of the molecule is CCN1CCCC1CNCc1ccc(-c2cc(Cl)ccc2Cl)o1.[Cl-].[Cl-].